The van der Waals surface area contributed by atoms with Gasteiger partial charge in [-0.3, -0.25) is 14.5 Å². The van der Waals surface area contributed by atoms with E-state index in [2.05, 4.69) is 15.2 Å². The molecule has 0 radical (unpaired) electrons. The quantitative estimate of drug-likeness (QED) is 0.874. The summed E-state index contributed by atoms with van der Waals surface area (Å²) in [5.41, 5.74) is 0.735. The summed E-state index contributed by atoms with van der Waals surface area (Å²) in [5, 5.41) is 5.24. The van der Waals surface area contributed by atoms with Crippen LogP contribution in [0.4, 0.5) is 5.13 Å². The Labute approximate surface area is 137 Å². The van der Waals surface area contributed by atoms with E-state index in [-0.39, 0.29) is 18.0 Å². The second-order valence-corrected chi connectivity index (χ2v) is 6.11. The topological polar surface area (TPSA) is 76.5 Å². The van der Waals surface area contributed by atoms with E-state index in [1.165, 1.54) is 22.0 Å². The minimum Gasteiger partial charge on any atom is -0.379 e. The predicted molar refractivity (Wildman–Crippen MR) is 87.5 cm³/mol. The van der Waals surface area contributed by atoms with Crippen molar-refractivity contribution in [1.29, 1.82) is 0 Å². The molecule has 0 bridgehead atoms. The van der Waals surface area contributed by atoms with Crippen molar-refractivity contribution in [2.75, 3.05) is 31.6 Å². The minimum atomic E-state index is -0.259. The number of anilines is 1. The van der Waals surface area contributed by atoms with Crippen LogP contribution in [-0.4, -0.2) is 46.7 Å². The Morgan fingerprint density at radius 2 is 2.17 bits per heavy atom. The number of nitrogens with one attached hydrogen (secondary N) is 1. The first-order valence-corrected chi connectivity index (χ1v) is 8.28. The first kappa shape index (κ1) is 15.9. The third kappa shape index (κ3) is 4.47. The summed E-state index contributed by atoms with van der Waals surface area (Å²) in [6.45, 7) is 4.04. The number of rotatable bonds is 5. The number of thiazole rings is 1. The maximum atomic E-state index is 12.0. The van der Waals surface area contributed by atoms with Gasteiger partial charge in [0.15, 0.2) is 5.13 Å². The van der Waals surface area contributed by atoms with Gasteiger partial charge in [-0.05, 0) is 6.07 Å². The Bertz CT molecular complexity index is 721. The van der Waals surface area contributed by atoms with Crippen LogP contribution in [0.5, 0.6) is 0 Å². The first-order valence-electron chi connectivity index (χ1n) is 7.40. The van der Waals surface area contributed by atoms with E-state index in [0.29, 0.717) is 5.13 Å². The van der Waals surface area contributed by atoms with Gasteiger partial charge in [0.2, 0.25) is 5.91 Å². The summed E-state index contributed by atoms with van der Waals surface area (Å²) in [7, 11) is 0. The Morgan fingerprint density at radius 3 is 2.96 bits per heavy atom. The van der Waals surface area contributed by atoms with Crippen LogP contribution in [-0.2, 0) is 22.6 Å². The number of aromatic nitrogens is 2. The van der Waals surface area contributed by atoms with E-state index in [1.807, 2.05) is 5.38 Å². The van der Waals surface area contributed by atoms with Crippen molar-refractivity contribution in [3.8, 4) is 0 Å². The summed E-state index contributed by atoms with van der Waals surface area (Å²) in [6.07, 6.45) is 1.59. The Balaban J connectivity index is 1.55. The maximum absolute atomic E-state index is 12.0. The number of morpholine rings is 1. The molecule has 2 aromatic rings. The molecular weight excluding hydrogens is 316 g/mol. The van der Waals surface area contributed by atoms with E-state index in [9.17, 15) is 9.59 Å². The number of carbonyl (C=O) groups is 1. The number of ether oxygens (including phenoxy) is 1. The van der Waals surface area contributed by atoms with Crippen molar-refractivity contribution in [3.63, 3.8) is 0 Å². The smallest absolute Gasteiger partial charge is 0.250 e. The Kier molecular flexibility index (Phi) is 5.16. The standard InChI is InChI=1S/C15H18N4O3S/c20-13(10-19-4-2-1-3-14(19)21)17-15-16-12(11-23-15)9-18-5-7-22-8-6-18/h1-4,11H,5-10H2,(H,16,17,20). The fourth-order valence-corrected chi connectivity index (χ4v) is 3.05. The summed E-state index contributed by atoms with van der Waals surface area (Å²) in [6, 6.07) is 4.80. The van der Waals surface area contributed by atoms with Crippen molar-refractivity contribution in [2.45, 2.75) is 13.1 Å². The van der Waals surface area contributed by atoms with E-state index in [4.69, 9.17) is 4.74 Å². The van der Waals surface area contributed by atoms with Crippen LogP contribution in [0.1, 0.15) is 5.69 Å². The maximum Gasteiger partial charge on any atom is 0.250 e. The van der Waals surface area contributed by atoms with Gasteiger partial charge in [0.1, 0.15) is 6.54 Å². The van der Waals surface area contributed by atoms with Gasteiger partial charge in [-0.25, -0.2) is 4.98 Å². The molecule has 3 heterocycles. The number of hydrogen-bond acceptors (Lipinski definition) is 6. The summed E-state index contributed by atoms with van der Waals surface area (Å²) >= 11 is 1.39. The van der Waals surface area contributed by atoms with Crippen molar-refractivity contribution < 1.29 is 9.53 Å². The molecule has 0 aromatic carbocycles. The van der Waals surface area contributed by atoms with Gasteiger partial charge in [0, 0.05) is 37.3 Å². The second-order valence-electron chi connectivity index (χ2n) is 5.25. The molecule has 122 valence electrons. The van der Waals surface area contributed by atoms with E-state index >= 15 is 0 Å². The molecule has 1 aliphatic heterocycles. The van der Waals surface area contributed by atoms with Crippen LogP contribution >= 0.6 is 11.3 Å². The van der Waals surface area contributed by atoms with Gasteiger partial charge in [-0.15, -0.1) is 11.3 Å². The zero-order chi connectivity index (χ0) is 16.1. The van der Waals surface area contributed by atoms with Crippen LogP contribution in [0.2, 0.25) is 0 Å². The molecule has 1 N–H and O–H groups in total. The lowest BCUT2D eigenvalue weighted by atomic mass is 10.4. The monoisotopic (exact) mass is 334 g/mol. The summed E-state index contributed by atoms with van der Waals surface area (Å²) in [4.78, 5) is 30.3. The number of nitrogens with zero attached hydrogens (tertiary/aromatic N) is 3. The second kappa shape index (κ2) is 7.49. The van der Waals surface area contributed by atoms with Crippen LogP contribution in [0.25, 0.3) is 0 Å². The van der Waals surface area contributed by atoms with Gasteiger partial charge in [-0.2, -0.15) is 0 Å². The SMILES string of the molecule is O=C(Cn1ccccc1=O)Nc1nc(CN2CCOCC2)cs1. The van der Waals surface area contributed by atoms with Crippen molar-refractivity contribution >= 4 is 22.4 Å². The first-order chi connectivity index (χ1) is 11.2. The third-order valence-electron chi connectivity index (χ3n) is 3.50. The molecular formula is C15H18N4O3S. The number of hydrogen-bond donors (Lipinski definition) is 1. The van der Waals surface area contributed by atoms with E-state index < -0.39 is 0 Å². The summed E-state index contributed by atoms with van der Waals surface area (Å²) in [5.74, 6) is -0.259. The molecule has 0 aliphatic carbocycles. The highest BCUT2D eigenvalue weighted by Crippen LogP contribution is 2.17. The molecule has 1 saturated heterocycles. The molecule has 8 heteroatoms. The highest BCUT2D eigenvalue weighted by Gasteiger charge is 2.13. The van der Waals surface area contributed by atoms with Crippen LogP contribution < -0.4 is 10.9 Å². The molecule has 0 spiro atoms. The average molecular weight is 334 g/mol. The van der Waals surface area contributed by atoms with Gasteiger partial charge in [0.05, 0.1) is 18.9 Å². The molecule has 23 heavy (non-hydrogen) atoms. The van der Waals surface area contributed by atoms with Crippen molar-refractivity contribution in [3.05, 3.63) is 45.8 Å². The zero-order valence-corrected chi connectivity index (χ0v) is 13.4. The average Bonchev–Trinajstić information content (AvgIpc) is 2.97. The number of carbonyl (C=O) groups excluding carboxylic acids is 1. The fourth-order valence-electron chi connectivity index (χ4n) is 2.33. The van der Waals surface area contributed by atoms with Gasteiger partial charge in [0.25, 0.3) is 5.56 Å². The fraction of sp³-hybridized carbons (Fsp3) is 0.400. The largest absolute Gasteiger partial charge is 0.379 e. The third-order valence-corrected chi connectivity index (χ3v) is 4.31. The highest BCUT2D eigenvalue weighted by atomic mass is 32.1. The minimum absolute atomic E-state index is 0.0158. The highest BCUT2D eigenvalue weighted by molar-refractivity contribution is 7.13. The molecule has 3 rings (SSSR count). The lowest BCUT2D eigenvalue weighted by Gasteiger charge is -2.25. The molecule has 1 amide bonds. The van der Waals surface area contributed by atoms with Crippen LogP contribution in [0.3, 0.4) is 0 Å². The van der Waals surface area contributed by atoms with Crippen LogP contribution in [0.15, 0.2) is 34.6 Å². The zero-order valence-electron chi connectivity index (χ0n) is 12.6. The predicted octanol–water partition coefficient (Wildman–Crippen LogP) is 0.776. The normalized spacial score (nSPS) is 15.5. The van der Waals surface area contributed by atoms with Crippen LogP contribution in [0, 0.1) is 0 Å². The van der Waals surface area contributed by atoms with Gasteiger partial charge >= 0.3 is 0 Å². The molecule has 7 nitrogen and oxygen atoms in total. The van der Waals surface area contributed by atoms with Gasteiger partial charge in [-0.1, -0.05) is 6.07 Å². The Hall–Kier alpha value is -2.03. The molecule has 0 unspecified atom stereocenters. The molecule has 1 aliphatic rings. The van der Waals surface area contributed by atoms with E-state index in [0.717, 1.165) is 38.5 Å². The van der Waals surface area contributed by atoms with E-state index in [1.54, 1.807) is 18.3 Å². The number of amides is 1. The lowest BCUT2D eigenvalue weighted by Crippen LogP contribution is -2.35. The molecule has 2 aromatic heterocycles. The molecule has 0 atom stereocenters. The van der Waals surface area contributed by atoms with Crippen molar-refractivity contribution in [1.82, 2.24) is 14.5 Å². The summed E-state index contributed by atoms with van der Waals surface area (Å²) < 4.78 is 6.68. The number of pyridine rings is 1. The molecule has 1 fully saturated rings. The Morgan fingerprint density at radius 1 is 1.35 bits per heavy atom. The lowest BCUT2D eigenvalue weighted by molar-refractivity contribution is -0.116. The van der Waals surface area contributed by atoms with Gasteiger partial charge < -0.3 is 14.6 Å². The molecule has 0 saturated carbocycles. The van der Waals surface area contributed by atoms with Crippen molar-refractivity contribution in [2.24, 2.45) is 0 Å².